The molecule has 2 rings (SSSR count). The Balaban J connectivity index is 2.05. The maximum atomic E-state index is 12.0. The Hall–Kier alpha value is -2.21. The Labute approximate surface area is 111 Å². The number of aryl methyl sites for hydroxylation is 2. The van der Waals surface area contributed by atoms with E-state index < -0.39 is 0 Å². The van der Waals surface area contributed by atoms with E-state index in [9.17, 15) is 4.79 Å². The highest BCUT2D eigenvalue weighted by Crippen LogP contribution is 2.12. The van der Waals surface area contributed by atoms with Crippen molar-refractivity contribution in [2.75, 3.05) is 0 Å². The summed E-state index contributed by atoms with van der Waals surface area (Å²) in [5.74, 6) is 0.548. The molecule has 0 bridgehead atoms. The maximum Gasteiger partial charge on any atom is 0.251 e. The first-order chi connectivity index (χ1) is 9.11. The van der Waals surface area contributed by atoms with Crippen molar-refractivity contribution in [2.45, 2.75) is 26.9 Å². The minimum absolute atomic E-state index is 0.169. The summed E-state index contributed by atoms with van der Waals surface area (Å²) >= 11 is 0. The molecule has 6 heteroatoms. The standard InChI is InChI=1S/C13H16N4O2/c1-8-12(9(2)19-17-8)7-16-13(18)10-3-4-15-11(5-10)6-14/h3-5H,6-7,14H2,1-2H3,(H,16,18). The number of nitrogens with one attached hydrogen (secondary N) is 1. The highest BCUT2D eigenvalue weighted by Gasteiger charge is 2.11. The highest BCUT2D eigenvalue weighted by atomic mass is 16.5. The SMILES string of the molecule is Cc1noc(C)c1CNC(=O)c1ccnc(CN)c1. The summed E-state index contributed by atoms with van der Waals surface area (Å²) in [6, 6.07) is 3.34. The lowest BCUT2D eigenvalue weighted by Crippen LogP contribution is -2.23. The molecule has 0 atom stereocenters. The minimum atomic E-state index is -0.169. The Morgan fingerprint density at radius 1 is 1.47 bits per heavy atom. The second-order valence-electron chi connectivity index (χ2n) is 4.23. The number of nitrogens with zero attached hydrogens (tertiary/aromatic N) is 2. The summed E-state index contributed by atoms with van der Waals surface area (Å²) in [6.45, 7) is 4.36. The molecule has 0 saturated carbocycles. The zero-order chi connectivity index (χ0) is 13.8. The van der Waals surface area contributed by atoms with Crippen molar-refractivity contribution >= 4 is 5.91 Å². The van der Waals surface area contributed by atoms with Crippen molar-refractivity contribution in [2.24, 2.45) is 5.73 Å². The number of carbonyl (C=O) groups is 1. The van der Waals surface area contributed by atoms with Gasteiger partial charge in [-0.05, 0) is 26.0 Å². The first-order valence-corrected chi connectivity index (χ1v) is 5.96. The third-order valence-electron chi connectivity index (χ3n) is 2.89. The third-order valence-corrected chi connectivity index (χ3v) is 2.89. The molecule has 19 heavy (non-hydrogen) atoms. The van der Waals surface area contributed by atoms with Gasteiger partial charge in [0.1, 0.15) is 5.76 Å². The van der Waals surface area contributed by atoms with Crippen molar-refractivity contribution in [1.82, 2.24) is 15.5 Å². The summed E-state index contributed by atoms with van der Waals surface area (Å²) in [7, 11) is 0. The number of rotatable bonds is 4. The largest absolute Gasteiger partial charge is 0.361 e. The molecule has 100 valence electrons. The molecule has 0 unspecified atom stereocenters. The van der Waals surface area contributed by atoms with E-state index in [0.29, 0.717) is 24.3 Å². The van der Waals surface area contributed by atoms with Crippen LogP contribution in [-0.4, -0.2) is 16.0 Å². The third kappa shape index (κ3) is 2.97. The fourth-order valence-electron chi connectivity index (χ4n) is 1.76. The lowest BCUT2D eigenvalue weighted by molar-refractivity contribution is 0.0950. The van der Waals surface area contributed by atoms with Crippen LogP contribution in [0.15, 0.2) is 22.9 Å². The smallest absolute Gasteiger partial charge is 0.251 e. The zero-order valence-electron chi connectivity index (χ0n) is 10.9. The van der Waals surface area contributed by atoms with Gasteiger partial charge in [0.05, 0.1) is 11.4 Å². The molecule has 2 aromatic rings. The van der Waals surface area contributed by atoms with E-state index in [1.165, 1.54) is 0 Å². The number of hydrogen-bond donors (Lipinski definition) is 2. The second-order valence-corrected chi connectivity index (χ2v) is 4.23. The highest BCUT2D eigenvalue weighted by molar-refractivity contribution is 5.94. The van der Waals surface area contributed by atoms with Crippen LogP contribution < -0.4 is 11.1 Å². The normalized spacial score (nSPS) is 10.5. The van der Waals surface area contributed by atoms with E-state index in [1.54, 1.807) is 18.3 Å². The average Bonchev–Trinajstić information content (AvgIpc) is 2.75. The van der Waals surface area contributed by atoms with Gasteiger partial charge < -0.3 is 15.6 Å². The van der Waals surface area contributed by atoms with Crippen molar-refractivity contribution in [3.63, 3.8) is 0 Å². The van der Waals surface area contributed by atoms with Crippen LogP contribution in [0.1, 0.15) is 33.1 Å². The van der Waals surface area contributed by atoms with E-state index in [0.717, 1.165) is 17.0 Å². The van der Waals surface area contributed by atoms with E-state index >= 15 is 0 Å². The van der Waals surface area contributed by atoms with Crippen molar-refractivity contribution in [3.05, 3.63) is 46.6 Å². The Kier molecular flexibility index (Phi) is 3.91. The summed E-state index contributed by atoms with van der Waals surface area (Å²) in [4.78, 5) is 16.0. The predicted molar refractivity (Wildman–Crippen MR) is 69.3 cm³/mol. The lowest BCUT2D eigenvalue weighted by atomic mass is 10.2. The molecule has 3 N–H and O–H groups in total. The molecule has 0 fully saturated rings. The summed E-state index contributed by atoms with van der Waals surface area (Å²) in [6.07, 6.45) is 1.58. The van der Waals surface area contributed by atoms with Crippen LogP contribution in [-0.2, 0) is 13.1 Å². The van der Waals surface area contributed by atoms with Crippen LogP contribution in [0.3, 0.4) is 0 Å². The molecule has 0 aliphatic carbocycles. The molecule has 0 saturated heterocycles. The Morgan fingerprint density at radius 2 is 2.26 bits per heavy atom. The van der Waals surface area contributed by atoms with Crippen LogP contribution in [0.2, 0.25) is 0 Å². The molecule has 2 heterocycles. The van der Waals surface area contributed by atoms with E-state index in [1.807, 2.05) is 13.8 Å². The Bertz CT molecular complexity index is 573. The van der Waals surface area contributed by atoms with Gasteiger partial charge in [-0.2, -0.15) is 0 Å². The first-order valence-electron chi connectivity index (χ1n) is 5.96. The van der Waals surface area contributed by atoms with Crippen molar-refractivity contribution in [3.8, 4) is 0 Å². The molecule has 0 spiro atoms. The van der Waals surface area contributed by atoms with Crippen LogP contribution in [0.5, 0.6) is 0 Å². The average molecular weight is 260 g/mol. The number of aromatic nitrogens is 2. The van der Waals surface area contributed by atoms with E-state index in [-0.39, 0.29) is 5.91 Å². The van der Waals surface area contributed by atoms with Gasteiger partial charge >= 0.3 is 0 Å². The van der Waals surface area contributed by atoms with Gasteiger partial charge in [-0.3, -0.25) is 9.78 Å². The minimum Gasteiger partial charge on any atom is -0.361 e. The monoisotopic (exact) mass is 260 g/mol. The first kappa shape index (κ1) is 13.2. The lowest BCUT2D eigenvalue weighted by Gasteiger charge is -2.05. The van der Waals surface area contributed by atoms with Gasteiger partial charge in [-0.15, -0.1) is 0 Å². The molecular weight excluding hydrogens is 244 g/mol. The second kappa shape index (κ2) is 5.62. The van der Waals surface area contributed by atoms with Gasteiger partial charge in [-0.25, -0.2) is 0 Å². The van der Waals surface area contributed by atoms with E-state index in [2.05, 4.69) is 15.5 Å². The van der Waals surface area contributed by atoms with Gasteiger partial charge in [0, 0.05) is 30.4 Å². The fourth-order valence-corrected chi connectivity index (χ4v) is 1.76. The molecule has 0 aliphatic heterocycles. The molecule has 0 aromatic carbocycles. The Morgan fingerprint density at radius 3 is 2.89 bits per heavy atom. The molecule has 6 nitrogen and oxygen atoms in total. The zero-order valence-corrected chi connectivity index (χ0v) is 10.9. The number of nitrogens with two attached hydrogens (primary N) is 1. The van der Waals surface area contributed by atoms with Gasteiger partial charge in [0.15, 0.2) is 0 Å². The molecule has 0 aliphatic rings. The van der Waals surface area contributed by atoms with Crippen LogP contribution >= 0.6 is 0 Å². The van der Waals surface area contributed by atoms with Crippen molar-refractivity contribution in [1.29, 1.82) is 0 Å². The van der Waals surface area contributed by atoms with Crippen LogP contribution in [0, 0.1) is 13.8 Å². The summed E-state index contributed by atoms with van der Waals surface area (Å²) in [5, 5.41) is 6.67. The van der Waals surface area contributed by atoms with Gasteiger partial charge in [0.2, 0.25) is 0 Å². The van der Waals surface area contributed by atoms with Crippen LogP contribution in [0.4, 0.5) is 0 Å². The number of carbonyl (C=O) groups excluding carboxylic acids is 1. The van der Waals surface area contributed by atoms with Crippen molar-refractivity contribution < 1.29 is 9.32 Å². The van der Waals surface area contributed by atoms with Gasteiger partial charge in [-0.1, -0.05) is 5.16 Å². The van der Waals surface area contributed by atoms with E-state index in [4.69, 9.17) is 10.3 Å². The quantitative estimate of drug-likeness (QED) is 0.857. The predicted octanol–water partition coefficient (Wildman–Crippen LogP) is 1.08. The molecule has 1 amide bonds. The van der Waals surface area contributed by atoms with Crippen LogP contribution in [0.25, 0.3) is 0 Å². The number of amides is 1. The number of hydrogen-bond acceptors (Lipinski definition) is 5. The molecule has 2 aromatic heterocycles. The maximum absolute atomic E-state index is 12.0. The van der Waals surface area contributed by atoms with Gasteiger partial charge in [0.25, 0.3) is 5.91 Å². The topological polar surface area (TPSA) is 94.0 Å². The molecular formula is C13H16N4O2. The summed E-state index contributed by atoms with van der Waals surface area (Å²) < 4.78 is 5.04. The number of pyridine rings is 1. The molecule has 0 radical (unpaired) electrons. The fraction of sp³-hybridized carbons (Fsp3) is 0.308. The summed E-state index contributed by atoms with van der Waals surface area (Å²) in [5.41, 5.74) is 8.42.